The molecule has 4 aliphatic rings. The zero-order valence-electron chi connectivity index (χ0n) is 11.6. The molecule has 1 aromatic heterocycles. The van der Waals surface area contributed by atoms with Crippen LogP contribution in [0.2, 0.25) is 0 Å². The van der Waals surface area contributed by atoms with Crippen LogP contribution in [0.25, 0.3) is 0 Å². The Morgan fingerprint density at radius 1 is 1.40 bits per heavy atom. The molecule has 1 aromatic rings. The first-order valence-corrected chi connectivity index (χ1v) is 8.60. The van der Waals surface area contributed by atoms with Crippen LogP contribution >= 0.6 is 0 Å². The highest BCUT2D eigenvalue weighted by Gasteiger charge is 2.62. The molecule has 1 saturated heterocycles. The Morgan fingerprint density at radius 2 is 2.20 bits per heavy atom. The van der Waals surface area contributed by atoms with Crippen molar-refractivity contribution in [1.82, 2.24) is 9.78 Å². The Labute approximate surface area is 118 Å². The van der Waals surface area contributed by atoms with Gasteiger partial charge < -0.3 is 4.74 Å². The number of sulfonamides is 1. The molecule has 1 aliphatic heterocycles. The van der Waals surface area contributed by atoms with E-state index in [1.54, 1.807) is 31.2 Å². The smallest absolute Gasteiger partial charge is 0.238 e. The fourth-order valence-corrected chi connectivity index (χ4v) is 6.00. The van der Waals surface area contributed by atoms with Crippen molar-refractivity contribution in [2.75, 3.05) is 11.4 Å². The van der Waals surface area contributed by atoms with E-state index in [1.165, 1.54) is 4.31 Å². The maximum atomic E-state index is 12.9. The molecule has 3 aliphatic carbocycles. The van der Waals surface area contributed by atoms with E-state index in [0.717, 1.165) is 19.3 Å². The second-order valence-electron chi connectivity index (χ2n) is 6.23. The number of epoxide rings is 1. The van der Waals surface area contributed by atoms with E-state index >= 15 is 0 Å². The lowest BCUT2D eigenvalue weighted by Gasteiger charge is -2.40. The topological polar surface area (TPSA) is 67.7 Å². The molecule has 20 heavy (non-hydrogen) atoms. The number of nitrogens with zero attached hydrogens (tertiary/aromatic N) is 3. The summed E-state index contributed by atoms with van der Waals surface area (Å²) in [4.78, 5) is 0. The number of aromatic nitrogens is 2. The summed E-state index contributed by atoms with van der Waals surface area (Å²) < 4.78 is 34.5. The summed E-state index contributed by atoms with van der Waals surface area (Å²) in [7, 11) is 0.0729. The average Bonchev–Trinajstić information content (AvgIpc) is 3.17. The third-order valence-corrected chi connectivity index (χ3v) is 7.43. The van der Waals surface area contributed by atoms with Crippen LogP contribution in [-0.4, -0.2) is 42.7 Å². The first-order valence-electron chi connectivity index (χ1n) is 7.10. The third-order valence-electron chi connectivity index (χ3n) is 5.15. The molecular formula is C13H19N3O3S. The van der Waals surface area contributed by atoms with Crippen molar-refractivity contribution in [2.24, 2.45) is 18.9 Å². The Hall–Kier alpha value is -1.08. The summed E-state index contributed by atoms with van der Waals surface area (Å²) in [5, 5.41) is 3.76. The molecule has 0 unspecified atom stereocenters. The molecule has 3 saturated carbocycles. The van der Waals surface area contributed by atoms with E-state index in [1.807, 2.05) is 0 Å². The van der Waals surface area contributed by atoms with Gasteiger partial charge in [-0.05, 0) is 25.2 Å². The molecule has 5 atom stereocenters. The molecule has 7 heteroatoms. The summed E-state index contributed by atoms with van der Waals surface area (Å²) in [6.45, 7) is 0. The van der Waals surface area contributed by atoms with Gasteiger partial charge in [0.2, 0.25) is 10.0 Å². The highest BCUT2D eigenvalue weighted by Crippen LogP contribution is 2.55. The normalized spacial score (nSPS) is 38.6. The number of fused-ring (bicyclic) bond motifs is 2. The van der Waals surface area contributed by atoms with Crippen molar-refractivity contribution in [3.8, 4) is 0 Å². The largest absolute Gasteiger partial charge is 0.369 e. The van der Waals surface area contributed by atoms with Crippen LogP contribution < -0.4 is 4.31 Å². The number of rotatable bonds is 3. The van der Waals surface area contributed by atoms with Crippen molar-refractivity contribution in [2.45, 2.75) is 36.7 Å². The van der Waals surface area contributed by atoms with Gasteiger partial charge in [0.1, 0.15) is 0 Å². The monoisotopic (exact) mass is 297 g/mol. The molecule has 0 amide bonds. The molecule has 110 valence electrons. The average molecular weight is 297 g/mol. The number of hydrogen-bond acceptors (Lipinski definition) is 4. The molecule has 0 aromatic carbocycles. The van der Waals surface area contributed by atoms with Crippen LogP contribution in [0.3, 0.4) is 0 Å². The van der Waals surface area contributed by atoms with Gasteiger partial charge in [-0.3, -0.25) is 8.99 Å². The maximum Gasteiger partial charge on any atom is 0.238 e. The van der Waals surface area contributed by atoms with Crippen molar-refractivity contribution in [3.63, 3.8) is 0 Å². The van der Waals surface area contributed by atoms with E-state index in [-0.39, 0.29) is 17.3 Å². The van der Waals surface area contributed by atoms with Gasteiger partial charge in [-0.2, -0.15) is 5.10 Å². The Morgan fingerprint density at radius 3 is 2.85 bits per heavy atom. The van der Waals surface area contributed by atoms with Crippen LogP contribution in [0.1, 0.15) is 19.3 Å². The minimum atomic E-state index is -3.34. The van der Waals surface area contributed by atoms with E-state index in [9.17, 15) is 8.42 Å². The minimum Gasteiger partial charge on any atom is -0.369 e. The van der Waals surface area contributed by atoms with Gasteiger partial charge >= 0.3 is 0 Å². The summed E-state index contributed by atoms with van der Waals surface area (Å²) in [6, 6.07) is 0. The van der Waals surface area contributed by atoms with Gasteiger partial charge in [-0.15, -0.1) is 0 Å². The maximum absolute atomic E-state index is 12.9. The van der Waals surface area contributed by atoms with Gasteiger partial charge in [-0.1, -0.05) is 0 Å². The number of ether oxygens (including phenoxy) is 1. The fourth-order valence-electron chi connectivity index (χ4n) is 3.98. The number of anilines is 1. The molecular weight excluding hydrogens is 278 g/mol. The van der Waals surface area contributed by atoms with Crippen LogP contribution in [0.15, 0.2) is 12.4 Å². The quantitative estimate of drug-likeness (QED) is 0.772. The van der Waals surface area contributed by atoms with Crippen LogP contribution in [0.5, 0.6) is 0 Å². The zero-order chi connectivity index (χ0) is 14.1. The molecule has 5 rings (SSSR count). The molecule has 0 spiro atoms. The third kappa shape index (κ3) is 1.65. The van der Waals surface area contributed by atoms with E-state index in [0.29, 0.717) is 17.7 Å². The summed E-state index contributed by atoms with van der Waals surface area (Å²) in [5.41, 5.74) is 0.627. The van der Waals surface area contributed by atoms with Crippen molar-refractivity contribution >= 4 is 15.7 Å². The molecule has 2 heterocycles. The Bertz CT molecular complexity index is 641. The predicted octanol–water partition coefficient (Wildman–Crippen LogP) is 0.752. The molecule has 0 N–H and O–H groups in total. The van der Waals surface area contributed by atoms with E-state index in [2.05, 4.69) is 5.10 Å². The molecule has 6 nitrogen and oxygen atoms in total. The van der Waals surface area contributed by atoms with Crippen molar-refractivity contribution in [1.29, 1.82) is 0 Å². The van der Waals surface area contributed by atoms with Crippen molar-refractivity contribution in [3.05, 3.63) is 12.4 Å². The first-order chi connectivity index (χ1) is 9.48. The van der Waals surface area contributed by atoms with Gasteiger partial charge in [0.05, 0.1) is 29.3 Å². The minimum absolute atomic E-state index is 0.175. The molecule has 2 bridgehead atoms. The second-order valence-corrected chi connectivity index (χ2v) is 8.41. The van der Waals surface area contributed by atoms with Gasteiger partial charge in [0.15, 0.2) is 0 Å². The fraction of sp³-hybridized carbons (Fsp3) is 0.769. The highest BCUT2D eigenvalue weighted by molar-refractivity contribution is 7.93. The number of aryl methyl sites for hydroxylation is 1. The highest BCUT2D eigenvalue weighted by atomic mass is 32.2. The van der Waals surface area contributed by atoms with Crippen LogP contribution in [-0.2, 0) is 21.8 Å². The van der Waals surface area contributed by atoms with E-state index in [4.69, 9.17) is 4.74 Å². The number of hydrogen-bond donors (Lipinski definition) is 0. The summed E-state index contributed by atoms with van der Waals surface area (Å²) in [6.07, 6.45) is 6.72. The van der Waals surface area contributed by atoms with E-state index < -0.39 is 10.0 Å². The second kappa shape index (κ2) is 3.98. The van der Waals surface area contributed by atoms with Crippen LogP contribution in [0.4, 0.5) is 5.69 Å². The lowest BCUT2D eigenvalue weighted by atomic mass is 9.70. The Balaban J connectivity index is 1.63. The van der Waals surface area contributed by atoms with Crippen LogP contribution in [0, 0.1) is 11.8 Å². The van der Waals surface area contributed by atoms with Gasteiger partial charge in [-0.25, -0.2) is 8.42 Å². The predicted molar refractivity (Wildman–Crippen MR) is 73.8 cm³/mol. The lowest BCUT2D eigenvalue weighted by molar-refractivity contribution is 0.221. The summed E-state index contributed by atoms with van der Waals surface area (Å²) in [5.74, 6) is 0.612. The SMILES string of the molecule is CN(c1cnn(C)c1)S(=O)(=O)[C@@H]1C[C@H]2CC[C@@H]1[C@@H]1O[C@H]21. The standard InChI is InChI=1S/C13H19N3O3S/c1-15-7-9(6-14-15)16(2)20(17,18)11-5-8-3-4-10(11)13-12(8)19-13/h6-8,10-13H,3-5H2,1-2H3/t8-,10+,11-,12-,13+/m1/s1. The molecule has 0 radical (unpaired) electrons. The zero-order valence-corrected chi connectivity index (χ0v) is 12.5. The van der Waals surface area contributed by atoms with Gasteiger partial charge in [0.25, 0.3) is 0 Å². The van der Waals surface area contributed by atoms with Crippen molar-refractivity contribution < 1.29 is 13.2 Å². The van der Waals surface area contributed by atoms with Gasteiger partial charge in [0, 0.05) is 26.2 Å². The Kier molecular flexibility index (Phi) is 2.51. The molecule has 4 fully saturated rings. The first kappa shape index (κ1) is 12.6. The summed E-state index contributed by atoms with van der Waals surface area (Å²) >= 11 is 0. The lowest BCUT2D eigenvalue weighted by Crippen LogP contribution is -2.49.